The number of carbonyl (C=O) groups is 4. The van der Waals surface area contributed by atoms with Crippen molar-refractivity contribution in [2.24, 2.45) is 10.8 Å². The third-order valence-corrected chi connectivity index (χ3v) is 5.32. The first-order valence-corrected chi connectivity index (χ1v) is 14.0. The molecule has 0 aromatic heterocycles. The van der Waals surface area contributed by atoms with Gasteiger partial charge in [-0.2, -0.15) is 0 Å². The minimum atomic E-state index is -1.15. The maximum atomic E-state index is 12.4. The highest BCUT2D eigenvalue weighted by molar-refractivity contribution is 5.74. The Morgan fingerprint density at radius 3 is 1.83 bits per heavy atom. The lowest BCUT2D eigenvalue weighted by Crippen LogP contribution is -2.42. The van der Waals surface area contributed by atoms with Crippen molar-refractivity contribution in [3.05, 3.63) is 23.8 Å². The fourth-order valence-corrected chi connectivity index (χ4v) is 3.29. The first-order valence-electron chi connectivity index (χ1n) is 14.0. The summed E-state index contributed by atoms with van der Waals surface area (Å²) in [5.74, 6) is -1.41. The minimum absolute atomic E-state index is 0.0392. The average Bonchev–Trinajstić information content (AvgIpc) is 2.84. The Kier molecular flexibility index (Phi) is 14.6. The van der Waals surface area contributed by atoms with E-state index in [9.17, 15) is 24.3 Å². The number of aliphatic carboxylic acids is 1. The Hall–Kier alpha value is -3.54. The van der Waals surface area contributed by atoms with Crippen molar-refractivity contribution in [2.75, 3.05) is 19.8 Å². The van der Waals surface area contributed by atoms with E-state index in [2.05, 4.69) is 5.32 Å². The van der Waals surface area contributed by atoms with Crippen LogP contribution in [0.1, 0.15) is 80.7 Å². The highest BCUT2D eigenvalue weighted by atomic mass is 16.7. The summed E-state index contributed by atoms with van der Waals surface area (Å²) in [6.07, 6.45) is -2.28. The molecule has 0 saturated carbocycles. The standard InChI is InChI=1S/C30H47NO11/c1-10-11-19(2)39-28(36)40-20(3)16-31-22(25(32)33)14-21-12-13-23(41-26(34)37-17-29(4,5)6)24(15-21)42-27(35)38-18-30(7,8)9/h12-13,15,19-20,22,31H,10-11,14,16-18H2,1-9H3,(H,32,33)/t19?,20?,22-/m0/s1. The second-order valence-corrected chi connectivity index (χ2v) is 12.6. The van der Waals surface area contributed by atoms with Crippen LogP contribution in [0.4, 0.5) is 14.4 Å². The SMILES string of the molecule is CCCC(C)OC(=O)OC(C)CN[C@@H](Cc1ccc(OC(=O)OCC(C)(C)C)c(OC(=O)OCC(C)(C)C)c1)C(=O)O. The molecule has 2 N–H and O–H groups in total. The first kappa shape index (κ1) is 36.5. The Morgan fingerprint density at radius 2 is 1.33 bits per heavy atom. The summed E-state index contributed by atoms with van der Waals surface area (Å²) < 4.78 is 31.3. The van der Waals surface area contributed by atoms with E-state index in [0.29, 0.717) is 12.0 Å². The van der Waals surface area contributed by atoms with E-state index >= 15 is 0 Å². The molecule has 1 aromatic carbocycles. The normalized spacial score (nSPS) is 13.7. The van der Waals surface area contributed by atoms with E-state index in [-0.39, 0.29) is 54.6 Å². The molecule has 3 atom stereocenters. The van der Waals surface area contributed by atoms with Crippen LogP contribution in [0.25, 0.3) is 0 Å². The van der Waals surface area contributed by atoms with E-state index < -0.39 is 36.6 Å². The molecule has 42 heavy (non-hydrogen) atoms. The van der Waals surface area contributed by atoms with Crippen LogP contribution < -0.4 is 14.8 Å². The molecule has 2 unspecified atom stereocenters. The number of carbonyl (C=O) groups excluding carboxylic acids is 3. The predicted molar refractivity (Wildman–Crippen MR) is 154 cm³/mol. The highest BCUT2D eigenvalue weighted by Crippen LogP contribution is 2.30. The molecule has 0 amide bonds. The molecule has 12 nitrogen and oxygen atoms in total. The van der Waals surface area contributed by atoms with Gasteiger partial charge < -0.3 is 38.8 Å². The van der Waals surface area contributed by atoms with Crippen LogP contribution in [0.3, 0.4) is 0 Å². The van der Waals surface area contributed by atoms with Crippen LogP contribution in [0.15, 0.2) is 18.2 Å². The molecule has 0 aliphatic rings. The number of ether oxygens (including phenoxy) is 6. The van der Waals surface area contributed by atoms with Crippen molar-refractivity contribution in [2.45, 2.75) is 99.8 Å². The lowest BCUT2D eigenvalue weighted by molar-refractivity contribution is -0.139. The molecule has 0 saturated heterocycles. The Bertz CT molecular complexity index is 1040. The van der Waals surface area contributed by atoms with Gasteiger partial charge in [-0.1, -0.05) is 61.0 Å². The fourth-order valence-electron chi connectivity index (χ4n) is 3.29. The summed E-state index contributed by atoms with van der Waals surface area (Å²) in [7, 11) is 0. The molecule has 0 fully saturated rings. The van der Waals surface area contributed by atoms with E-state index in [1.165, 1.54) is 18.2 Å². The summed E-state index contributed by atoms with van der Waals surface area (Å²) >= 11 is 0. The minimum Gasteiger partial charge on any atom is -0.480 e. The number of nitrogens with one attached hydrogen (secondary N) is 1. The smallest absolute Gasteiger partial charge is 0.480 e. The number of rotatable bonds is 14. The molecule has 1 aromatic rings. The molecule has 0 spiro atoms. The second kappa shape index (κ2) is 16.8. The van der Waals surface area contributed by atoms with Crippen molar-refractivity contribution >= 4 is 24.4 Å². The number of carboxylic acid groups (broad SMARTS) is 1. The molecule has 0 aliphatic carbocycles. The molecule has 1 rings (SSSR count). The van der Waals surface area contributed by atoms with Gasteiger partial charge in [0.25, 0.3) is 0 Å². The van der Waals surface area contributed by atoms with Gasteiger partial charge in [0.2, 0.25) is 0 Å². The van der Waals surface area contributed by atoms with Gasteiger partial charge in [0.1, 0.15) is 18.2 Å². The zero-order valence-corrected chi connectivity index (χ0v) is 26.2. The van der Waals surface area contributed by atoms with Gasteiger partial charge in [-0.15, -0.1) is 0 Å². The predicted octanol–water partition coefficient (Wildman–Crippen LogP) is 6.13. The van der Waals surface area contributed by atoms with Gasteiger partial charge in [0.05, 0.1) is 13.2 Å². The third-order valence-electron chi connectivity index (χ3n) is 5.32. The second-order valence-electron chi connectivity index (χ2n) is 12.6. The van der Waals surface area contributed by atoms with E-state index in [1.54, 1.807) is 13.8 Å². The molecule has 0 bridgehead atoms. The van der Waals surface area contributed by atoms with Crippen molar-refractivity contribution in [1.82, 2.24) is 5.32 Å². The van der Waals surface area contributed by atoms with Crippen molar-refractivity contribution < 1.29 is 52.7 Å². The summed E-state index contributed by atoms with van der Waals surface area (Å²) in [5.41, 5.74) is -0.165. The molecule has 238 valence electrons. The van der Waals surface area contributed by atoms with Crippen molar-refractivity contribution in [1.29, 1.82) is 0 Å². The number of benzene rings is 1. The summed E-state index contributed by atoms with van der Waals surface area (Å²) in [6.45, 7) is 16.8. The number of hydrogen-bond donors (Lipinski definition) is 2. The van der Waals surface area contributed by atoms with Crippen LogP contribution in [0.2, 0.25) is 0 Å². The lowest BCUT2D eigenvalue weighted by Gasteiger charge is -2.20. The fraction of sp³-hybridized carbons (Fsp3) is 0.667. The van der Waals surface area contributed by atoms with Gasteiger partial charge in [0, 0.05) is 6.54 Å². The first-order chi connectivity index (χ1) is 19.4. The molecule has 0 heterocycles. The Morgan fingerprint density at radius 1 is 0.810 bits per heavy atom. The quantitative estimate of drug-likeness (QED) is 0.144. The van der Waals surface area contributed by atoms with Crippen molar-refractivity contribution in [3.63, 3.8) is 0 Å². The van der Waals surface area contributed by atoms with Gasteiger partial charge in [-0.25, -0.2) is 14.4 Å². The Balaban J connectivity index is 2.99. The third kappa shape index (κ3) is 16.0. The lowest BCUT2D eigenvalue weighted by atomic mass is 9.99. The van der Waals surface area contributed by atoms with Crippen LogP contribution in [-0.4, -0.2) is 67.6 Å². The van der Waals surface area contributed by atoms with Crippen LogP contribution in [-0.2, 0) is 30.2 Å². The summed E-state index contributed by atoms with van der Waals surface area (Å²) in [5, 5.41) is 12.6. The van der Waals surface area contributed by atoms with Gasteiger partial charge in [-0.3, -0.25) is 4.79 Å². The number of carboxylic acids is 1. The van der Waals surface area contributed by atoms with Crippen LogP contribution in [0, 0.1) is 10.8 Å². The monoisotopic (exact) mass is 597 g/mol. The topological polar surface area (TPSA) is 156 Å². The zero-order chi connectivity index (χ0) is 32.1. The molecule has 0 radical (unpaired) electrons. The molecular formula is C30H47NO11. The average molecular weight is 598 g/mol. The van der Waals surface area contributed by atoms with Gasteiger partial charge in [0.15, 0.2) is 11.5 Å². The van der Waals surface area contributed by atoms with Crippen LogP contribution in [0.5, 0.6) is 11.5 Å². The zero-order valence-electron chi connectivity index (χ0n) is 26.2. The van der Waals surface area contributed by atoms with E-state index in [0.717, 1.165) is 6.42 Å². The van der Waals surface area contributed by atoms with Gasteiger partial charge >= 0.3 is 24.4 Å². The Labute approximate surface area is 248 Å². The highest BCUT2D eigenvalue weighted by Gasteiger charge is 2.24. The van der Waals surface area contributed by atoms with Crippen LogP contribution >= 0.6 is 0 Å². The largest absolute Gasteiger partial charge is 0.513 e. The summed E-state index contributed by atoms with van der Waals surface area (Å²) in [6, 6.07) is 3.20. The maximum absolute atomic E-state index is 12.4. The van der Waals surface area contributed by atoms with E-state index in [1.807, 2.05) is 48.5 Å². The molecule has 12 heteroatoms. The summed E-state index contributed by atoms with van der Waals surface area (Å²) in [4.78, 5) is 48.6. The maximum Gasteiger partial charge on any atom is 0.513 e. The van der Waals surface area contributed by atoms with E-state index in [4.69, 9.17) is 28.4 Å². The van der Waals surface area contributed by atoms with Crippen molar-refractivity contribution in [3.8, 4) is 11.5 Å². The molecular weight excluding hydrogens is 550 g/mol. The molecule has 0 aliphatic heterocycles. The number of hydrogen-bond acceptors (Lipinski definition) is 11. The van der Waals surface area contributed by atoms with Gasteiger partial charge in [-0.05, 0) is 55.2 Å².